The monoisotopic (exact) mass is 223 g/mol. The fourth-order valence-corrected chi connectivity index (χ4v) is 1.83. The van der Waals surface area contributed by atoms with E-state index in [1.165, 1.54) is 0 Å². The van der Waals surface area contributed by atoms with E-state index >= 15 is 0 Å². The molecule has 0 spiro atoms. The molecule has 0 bridgehead atoms. The summed E-state index contributed by atoms with van der Waals surface area (Å²) in [6, 6.07) is 5.46. The van der Waals surface area contributed by atoms with E-state index in [0.717, 1.165) is 22.2 Å². The number of rotatable bonds is 2. The van der Waals surface area contributed by atoms with Crippen LogP contribution in [-0.2, 0) is 11.2 Å². The average Bonchev–Trinajstić information content (AvgIpc) is 2.43. The second kappa shape index (κ2) is 3.59. The van der Waals surface area contributed by atoms with Crippen molar-refractivity contribution in [2.75, 3.05) is 0 Å². The van der Waals surface area contributed by atoms with E-state index in [4.69, 9.17) is 16.7 Å². The maximum atomic E-state index is 10.6. The van der Waals surface area contributed by atoms with Gasteiger partial charge in [0.15, 0.2) is 0 Å². The highest BCUT2D eigenvalue weighted by Crippen LogP contribution is 2.27. The molecule has 3 nitrogen and oxygen atoms in total. The van der Waals surface area contributed by atoms with E-state index in [0.29, 0.717) is 5.02 Å². The van der Waals surface area contributed by atoms with E-state index in [2.05, 4.69) is 4.98 Å². The minimum atomic E-state index is -0.835. The zero-order valence-corrected chi connectivity index (χ0v) is 8.93. The third-order valence-corrected chi connectivity index (χ3v) is 2.81. The largest absolute Gasteiger partial charge is 0.481 e. The lowest BCUT2D eigenvalue weighted by Gasteiger charge is -1.97. The summed E-state index contributed by atoms with van der Waals surface area (Å²) in [6.07, 6.45) is 0.0243. The van der Waals surface area contributed by atoms with E-state index < -0.39 is 5.97 Å². The second-order valence-electron chi connectivity index (χ2n) is 3.51. The number of hydrogen-bond donors (Lipinski definition) is 2. The molecule has 0 aliphatic carbocycles. The summed E-state index contributed by atoms with van der Waals surface area (Å²) in [6.45, 7) is 1.89. The average molecular weight is 224 g/mol. The summed E-state index contributed by atoms with van der Waals surface area (Å²) in [5.41, 5.74) is 2.60. The zero-order valence-electron chi connectivity index (χ0n) is 8.17. The Labute approximate surface area is 91.7 Å². The quantitative estimate of drug-likeness (QED) is 0.823. The third-order valence-electron chi connectivity index (χ3n) is 2.33. The van der Waals surface area contributed by atoms with Gasteiger partial charge < -0.3 is 10.1 Å². The predicted octanol–water partition coefficient (Wildman–Crippen LogP) is 2.76. The molecule has 0 radical (unpaired) electrons. The van der Waals surface area contributed by atoms with Crippen LogP contribution in [0.15, 0.2) is 18.2 Å². The first kappa shape index (κ1) is 10.1. The minimum Gasteiger partial charge on any atom is -0.481 e. The molecule has 2 N–H and O–H groups in total. The Balaban J connectivity index is 2.54. The molecule has 0 aliphatic heterocycles. The van der Waals surface area contributed by atoms with Crippen LogP contribution in [0.2, 0.25) is 5.02 Å². The molecule has 78 valence electrons. The van der Waals surface area contributed by atoms with Crippen LogP contribution in [0.25, 0.3) is 10.9 Å². The van der Waals surface area contributed by atoms with Crippen LogP contribution in [-0.4, -0.2) is 16.1 Å². The summed E-state index contributed by atoms with van der Waals surface area (Å²) in [5.74, 6) is -0.835. The van der Waals surface area contributed by atoms with Crippen molar-refractivity contribution in [1.82, 2.24) is 4.98 Å². The first-order valence-electron chi connectivity index (χ1n) is 4.56. The van der Waals surface area contributed by atoms with Crippen molar-refractivity contribution in [3.63, 3.8) is 0 Å². The molecule has 0 fully saturated rings. The van der Waals surface area contributed by atoms with Crippen molar-refractivity contribution in [3.8, 4) is 0 Å². The minimum absolute atomic E-state index is 0.0243. The third kappa shape index (κ3) is 1.83. The Kier molecular flexibility index (Phi) is 2.40. The van der Waals surface area contributed by atoms with Crippen molar-refractivity contribution in [1.29, 1.82) is 0 Å². The van der Waals surface area contributed by atoms with Crippen molar-refractivity contribution >= 4 is 28.5 Å². The summed E-state index contributed by atoms with van der Waals surface area (Å²) < 4.78 is 0. The maximum Gasteiger partial charge on any atom is 0.307 e. The number of aromatic amines is 1. The molecule has 0 aliphatic rings. The van der Waals surface area contributed by atoms with Crippen LogP contribution < -0.4 is 0 Å². The fourth-order valence-electron chi connectivity index (χ4n) is 1.63. The molecule has 1 aromatic heterocycles. The van der Waals surface area contributed by atoms with Crippen molar-refractivity contribution < 1.29 is 9.90 Å². The number of carboxylic acids is 1. The van der Waals surface area contributed by atoms with Gasteiger partial charge in [-0.05, 0) is 24.6 Å². The smallest absolute Gasteiger partial charge is 0.307 e. The van der Waals surface area contributed by atoms with Crippen molar-refractivity contribution in [2.24, 2.45) is 0 Å². The number of H-pyrrole nitrogens is 1. The number of aliphatic carboxylic acids is 1. The van der Waals surface area contributed by atoms with Crippen LogP contribution in [0.3, 0.4) is 0 Å². The van der Waals surface area contributed by atoms with Gasteiger partial charge in [0.1, 0.15) is 0 Å². The van der Waals surface area contributed by atoms with E-state index in [1.807, 2.05) is 19.1 Å². The Morgan fingerprint density at radius 2 is 2.27 bits per heavy atom. The van der Waals surface area contributed by atoms with Gasteiger partial charge in [0.05, 0.1) is 11.4 Å². The molecule has 1 aromatic carbocycles. The van der Waals surface area contributed by atoms with Gasteiger partial charge in [-0.25, -0.2) is 0 Å². The number of nitrogens with one attached hydrogen (secondary N) is 1. The van der Waals surface area contributed by atoms with Gasteiger partial charge in [0.25, 0.3) is 0 Å². The van der Waals surface area contributed by atoms with Crippen molar-refractivity contribution in [3.05, 3.63) is 34.5 Å². The normalized spacial score (nSPS) is 10.8. The SMILES string of the molecule is Cc1[nH]c2ccc(CC(=O)O)cc2c1Cl. The standard InChI is InChI=1S/C11H10ClNO2/c1-6-11(12)8-4-7(5-10(14)15)2-3-9(8)13-6/h2-4,13H,5H2,1H3,(H,14,15). The number of aryl methyl sites for hydroxylation is 1. The van der Waals surface area contributed by atoms with Crippen LogP contribution >= 0.6 is 11.6 Å². The Morgan fingerprint density at radius 3 is 2.93 bits per heavy atom. The van der Waals surface area contributed by atoms with E-state index in [-0.39, 0.29) is 6.42 Å². The lowest BCUT2D eigenvalue weighted by molar-refractivity contribution is -0.136. The van der Waals surface area contributed by atoms with Gasteiger partial charge in [-0.3, -0.25) is 4.79 Å². The van der Waals surface area contributed by atoms with Gasteiger partial charge in [-0.1, -0.05) is 17.7 Å². The number of carbonyl (C=O) groups is 1. The van der Waals surface area contributed by atoms with Gasteiger partial charge in [0, 0.05) is 16.6 Å². The molecule has 2 aromatic rings. The molecule has 0 amide bonds. The van der Waals surface area contributed by atoms with E-state index in [9.17, 15) is 4.79 Å². The molecule has 0 saturated heterocycles. The molecule has 1 heterocycles. The Bertz CT molecular complexity index is 531. The van der Waals surface area contributed by atoms with E-state index in [1.54, 1.807) is 6.07 Å². The highest BCUT2D eigenvalue weighted by Gasteiger charge is 2.07. The summed E-state index contributed by atoms with van der Waals surface area (Å²) in [7, 11) is 0. The lowest BCUT2D eigenvalue weighted by atomic mass is 10.1. The van der Waals surface area contributed by atoms with Gasteiger partial charge >= 0.3 is 5.97 Å². The second-order valence-corrected chi connectivity index (χ2v) is 3.89. The van der Waals surface area contributed by atoms with Crippen molar-refractivity contribution in [2.45, 2.75) is 13.3 Å². The molecule has 0 saturated carbocycles. The highest BCUT2D eigenvalue weighted by atomic mass is 35.5. The summed E-state index contributed by atoms with van der Waals surface area (Å²) in [4.78, 5) is 13.7. The molecule has 0 atom stereocenters. The lowest BCUT2D eigenvalue weighted by Crippen LogP contribution is -1.99. The molecule has 0 unspecified atom stereocenters. The first-order chi connectivity index (χ1) is 7.08. The number of benzene rings is 1. The zero-order chi connectivity index (χ0) is 11.0. The summed E-state index contributed by atoms with van der Waals surface area (Å²) in [5, 5.41) is 10.2. The molecular formula is C11H10ClNO2. The number of carboxylic acid groups (broad SMARTS) is 1. The van der Waals surface area contributed by atoms with Crippen LogP contribution in [0, 0.1) is 6.92 Å². The number of aromatic nitrogens is 1. The van der Waals surface area contributed by atoms with Gasteiger partial charge in [0.2, 0.25) is 0 Å². The Morgan fingerprint density at radius 1 is 1.53 bits per heavy atom. The summed E-state index contributed by atoms with van der Waals surface area (Å²) >= 11 is 6.07. The topological polar surface area (TPSA) is 53.1 Å². The number of hydrogen-bond acceptors (Lipinski definition) is 1. The molecule has 2 rings (SSSR count). The van der Waals surface area contributed by atoms with Crippen LogP contribution in [0.5, 0.6) is 0 Å². The first-order valence-corrected chi connectivity index (χ1v) is 4.94. The number of fused-ring (bicyclic) bond motifs is 1. The van der Waals surface area contributed by atoms with Crippen LogP contribution in [0.4, 0.5) is 0 Å². The van der Waals surface area contributed by atoms with Crippen LogP contribution in [0.1, 0.15) is 11.3 Å². The predicted molar refractivity (Wildman–Crippen MR) is 59.4 cm³/mol. The molecule has 15 heavy (non-hydrogen) atoms. The highest BCUT2D eigenvalue weighted by molar-refractivity contribution is 6.36. The number of halogens is 1. The maximum absolute atomic E-state index is 10.6. The fraction of sp³-hybridized carbons (Fsp3) is 0.182. The van der Waals surface area contributed by atoms with Gasteiger partial charge in [-0.15, -0.1) is 0 Å². The van der Waals surface area contributed by atoms with Gasteiger partial charge in [-0.2, -0.15) is 0 Å². The molecule has 4 heteroatoms. The Hall–Kier alpha value is -1.48. The molecular weight excluding hydrogens is 214 g/mol.